The van der Waals surface area contributed by atoms with E-state index in [0.717, 1.165) is 4.90 Å². The van der Waals surface area contributed by atoms with Crippen LogP contribution < -0.4 is 0 Å². The van der Waals surface area contributed by atoms with Crippen LogP contribution in [0.15, 0.2) is 12.1 Å². The molecule has 0 aromatic heterocycles. The van der Waals surface area contributed by atoms with E-state index < -0.39 is 39.9 Å². The third-order valence-electron chi connectivity index (χ3n) is 5.80. The number of amides is 1. The maximum atomic E-state index is 12.9. The number of alkyl halides is 3. The van der Waals surface area contributed by atoms with Gasteiger partial charge in [0.1, 0.15) is 0 Å². The molecule has 1 saturated heterocycles. The van der Waals surface area contributed by atoms with Gasteiger partial charge in [0.15, 0.2) is 5.75 Å². The second-order valence-electron chi connectivity index (χ2n) is 6.98. The van der Waals surface area contributed by atoms with Crippen molar-refractivity contribution in [2.45, 2.75) is 44.3 Å². The Morgan fingerprint density at radius 3 is 2.64 bits per heavy atom. The molecule has 0 radical (unpaired) electrons. The Balaban J connectivity index is 2.09. The predicted octanol–water partition coefficient (Wildman–Crippen LogP) is 2.91. The molecule has 1 aliphatic carbocycles. The van der Waals surface area contributed by atoms with Crippen molar-refractivity contribution in [3.8, 4) is 5.75 Å². The molecule has 1 fully saturated rings. The molecule has 3 rings (SSSR count). The zero-order valence-electron chi connectivity index (χ0n) is 13.6. The zero-order chi connectivity index (χ0) is 18.7. The van der Waals surface area contributed by atoms with Crippen molar-refractivity contribution in [3.63, 3.8) is 0 Å². The van der Waals surface area contributed by atoms with Crippen LogP contribution in [0.4, 0.5) is 18.9 Å². The molecule has 3 atom stereocenters. The number of piperidine rings is 1. The van der Waals surface area contributed by atoms with Crippen LogP contribution in [0, 0.1) is 16.0 Å². The fraction of sp³-hybridized carbons (Fsp3) is 0.562. The lowest BCUT2D eigenvalue weighted by Crippen LogP contribution is -2.61. The SMILES string of the molecule is C[C@@H]1[C@H]2Cc3cc([N+](=O)[O-])c(O)cc3[C@]1(C)CCN2C(=O)C(F)(F)F. The number of likely N-dealkylation sites (tertiary alicyclic amines) is 1. The summed E-state index contributed by atoms with van der Waals surface area (Å²) in [7, 11) is 0. The number of hydrogen-bond donors (Lipinski definition) is 1. The number of halogens is 3. The van der Waals surface area contributed by atoms with Crippen molar-refractivity contribution in [2.75, 3.05) is 6.54 Å². The highest BCUT2D eigenvalue weighted by Gasteiger charge is 2.54. The maximum Gasteiger partial charge on any atom is 0.471 e. The van der Waals surface area contributed by atoms with Gasteiger partial charge in [0.05, 0.1) is 4.92 Å². The molecule has 1 aromatic rings. The molecule has 2 bridgehead atoms. The number of carbonyl (C=O) groups is 1. The average Bonchev–Trinajstić information content (AvgIpc) is 2.49. The summed E-state index contributed by atoms with van der Waals surface area (Å²) in [5.41, 5.74) is 0.171. The van der Waals surface area contributed by atoms with E-state index in [-0.39, 0.29) is 25.3 Å². The summed E-state index contributed by atoms with van der Waals surface area (Å²) in [6.07, 6.45) is -4.57. The Morgan fingerprint density at radius 2 is 2.08 bits per heavy atom. The molecule has 0 unspecified atom stereocenters. The third kappa shape index (κ3) is 2.52. The Labute approximate surface area is 141 Å². The fourth-order valence-corrected chi connectivity index (χ4v) is 4.21. The van der Waals surface area contributed by atoms with Crippen molar-refractivity contribution in [2.24, 2.45) is 5.92 Å². The van der Waals surface area contributed by atoms with Crippen molar-refractivity contribution < 1.29 is 28.0 Å². The highest BCUT2D eigenvalue weighted by atomic mass is 19.4. The van der Waals surface area contributed by atoms with Crippen LogP contribution in [0.5, 0.6) is 5.75 Å². The highest BCUT2D eigenvalue weighted by molar-refractivity contribution is 5.82. The van der Waals surface area contributed by atoms with E-state index in [4.69, 9.17) is 0 Å². The van der Waals surface area contributed by atoms with Crippen LogP contribution in [-0.4, -0.2) is 39.6 Å². The first-order valence-corrected chi connectivity index (χ1v) is 7.85. The van der Waals surface area contributed by atoms with E-state index in [1.165, 1.54) is 12.1 Å². The van der Waals surface area contributed by atoms with E-state index >= 15 is 0 Å². The topological polar surface area (TPSA) is 83.7 Å². The molecular weight excluding hydrogens is 341 g/mol. The van der Waals surface area contributed by atoms with Gasteiger partial charge in [0, 0.05) is 18.7 Å². The molecule has 1 heterocycles. The summed E-state index contributed by atoms with van der Waals surface area (Å²) in [5, 5.41) is 21.0. The maximum absolute atomic E-state index is 12.9. The van der Waals surface area contributed by atoms with Crippen LogP contribution in [0.2, 0.25) is 0 Å². The Hall–Kier alpha value is -2.32. The largest absolute Gasteiger partial charge is 0.502 e. The molecular formula is C16H17F3N2O4. The van der Waals surface area contributed by atoms with Gasteiger partial charge < -0.3 is 10.0 Å². The number of hydrogen-bond acceptors (Lipinski definition) is 4. The summed E-state index contributed by atoms with van der Waals surface area (Å²) in [4.78, 5) is 22.9. The minimum atomic E-state index is -4.95. The van der Waals surface area contributed by atoms with Crippen molar-refractivity contribution in [3.05, 3.63) is 33.4 Å². The average molecular weight is 358 g/mol. The van der Waals surface area contributed by atoms with E-state index in [1.807, 2.05) is 6.92 Å². The lowest BCUT2D eigenvalue weighted by Gasteiger charge is -2.54. The van der Waals surface area contributed by atoms with Crippen LogP contribution >= 0.6 is 0 Å². The van der Waals surface area contributed by atoms with Gasteiger partial charge in [0.25, 0.3) is 0 Å². The predicted molar refractivity (Wildman–Crippen MR) is 81.2 cm³/mol. The zero-order valence-corrected chi connectivity index (χ0v) is 13.6. The number of nitro benzene ring substituents is 1. The van der Waals surface area contributed by atoms with Gasteiger partial charge in [-0.25, -0.2) is 0 Å². The minimum Gasteiger partial charge on any atom is -0.502 e. The van der Waals surface area contributed by atoms with Crippen LogP contribution in [0.25, 0.3) is 0 Å². The second-order valence-corrected chi connectivity index (χ2v) is 6.98. The summed E-state index contributed by atoms with van der Waals surface area (Å²) in [6.45, 7) is 3.60. The molecule has 25 heavy (non-hydrogen) atoms. The third-order valence-corrected chi connectivity index (χ3v) is 5.80. The lowest BCUT2D eigenvalue weighted by molar-refractivity contribution is -0.386. The van der Waals surface area contributed by atoms with Crippen LogP contribution in [-0.2, 0) is 16.6 Å². The molecule has 1 amide bonds. The number of fused-ring (bicyclic) bond motifs is 4. The molecule has 1 aromatic carbocycles. The molecule has 136 valence electrons. The Kier molecular flexibility index (Phi) is 3.74. The van der Waals surface area contributed by atoms with E-state index in [0.29, 0.717) is 11.1 Å². The molecule has 1 N–H and O–H groups in total. The van der Waals surface area contributed by atoms with Crippen LogP contribution in [0.1, 0.15) is 31.4 Å². The van der Waals surface area contributed by atoms with E-state index in [2.05, 4.69) is 0 Å². The molecule has 0 spiro atoms. The number of phenols is 1. The molecule has 1 aliphatic heterocycles. The monoisotopic (exact) mass is 358 g/mol. The van der Waals surface area contributed by atoms with Crippen molar-refractivity contribution in [1.29, 1.82) is 0 Å². The standard InChI is InChI=1S/C16H17F3N2O4/c1-8-11-5-9-6-12(21(24)25)13(22)7-10(9)15(8,2)3-4-20(11)14(23)16(17,18)19/h6-8,11,22H,3-5H2,1-2H3/t8-,11-,15-/m1/s1. The number of carbonyl (C=O) groups excluding carboxylic acids is 1. The van der Waals surface area contributed by atoms with Gasteiger partial charge in [-0.05, 0) is 41.4 Å². The summed E-state index contributed by atoms with van der Waals surface area (Å²) < 4.78 is 38.7. The quantitative estimate of drug-likeness (QED) is 0.618. The first-order valence-electron chi connectivity index (χ1n) is 7.85. The minimum absolute atomic E-state index is 0.0406. The normalized spacial score (nSPS) is 28.4. The van der Waals surface area contributed by atoms with Gasteiger partial charge in [-0.1, -0.05) is 13.8 Å². The number of rotatable bonds is 1. The highest BCUT2D eigenvalue weighted by Crippen LogP contribution is 2.51. The van der Waals surface area contributed by atoms with E-state index in [9.17, 15) is 33.2 Å². The van der Waals surface area contributed by atoms with Crippen LogP contribution in [0.3, 0.4) is 0 Å². The number of aromatic hydroxyl groups is 1. The fourth-order valence-electron chi connectivity index (χ4n) is 4.21. The van der Waals surface area contributed by atoms with Gasteiger partial charge in [-0.15, -0.1) is 0 Å². The summed E-state index contributed by atoms with van der Waals surface area (Å²) >= 11 is 0. The number of nitro groups is 1. The Morgan fingerprint density at radius 1 is 1.44 bits per heavy atom. The number of nitrogens with zero attached hydrogens (tertiary/aromatic N) is 2. The number of phenolic OH excluding ortho intramolecular Hbond substituents is 1. The second kappa shape index (κ2) is 5.34. The molecule has 6 nitrogen and oxygen atoms in total. The van der Waals surface area contributed by atoms with Gasteiger partial charge in [-0.2, -0.15) is 13.2 Å². The molecule has 9 heteroatoms. The molecule has 2 aliphatic rings. The van der Waals surface area contributed by atoms with Crippen molar-refractivity contribution in [1.82, 2.24) is 4.90 Å². The van der Waals surface area contributed by atoms with Crippen molar-refractivity contribution >= 4 is 11.6 Å². The molecule has 0 saturated carbocycles. The lowest BCUT2D eigenvalue weighted by atomic mass is 9.59. The first-order chi connectivity index (χ1) is 11.5. The van der Waals surface area contributed by atoms with E-state index in [1.54, 1.807) is 6.92 Å². The van der Waals surface area contributed by atoms with Gasteiger partial charge in [0.2, 0.25) is 0 Å². The number of benzene rings is 1. The summed E-state index contributed by atoms with van der Waals surface area (Å²) in [6, 6.07) is 1.87. The van der Waals surface area contributed by atoms with Gasteiger partial charge >= 0.3 is 17.8 Å². The first kappa shape index (κ1) is 17.5. The summed E-state index contributed by atoms with van der Waals surface area (Å²) in [5.74, 6) is -2.60. The smallest absolute Gasteiger partial charge is 0.471 e. The Bertz CT molecular complexity index is 764. The van der Waals surface area contributed by atoms with Gasteiger partial charge in [-0.3, -0.25) is 14.9 Å².